The smallest absolute Gasteiger partial charge is 0.207 e. The lowest BCUT2D eigenvalue weighted by Gasteiger charge is -2.21. The highest BCUT2D eigenvalue weighted by Gasteiger charge is 2.35. The molecule has 1 atom stereocenters. The van der Waals surface area contributed by atoms with Crippen molar-refractivity contribution < 1.29 is 21.6 Å². The predicted molar refractivity (Wildman–Crippen MR) is 68.6 cm³/mol. The minimum absolute atomic E-state index is 0.126. The van der Waals surface area contributed by atoms with E-state index in [-0.39, 0.29) is 10.9 Å². The standard InChI is InChI=1S/C13H14F3NO2S/c1-2-11-4-3-9-17(11)20(18,19)12-7-5-10(6-8-12)13(14,15)16/h2,5-8,11H,1,3-4,9H2. The second kappa shape index (κ2) is 5.21. The Morgan fingerprint density at radius 2 is 1.85 bits per heavy atom. The summed E-state index contributed by atoms with van der Waals surface area (Å²) in [5, 5.41) is 0. The maximum Gasteiger partial charge on any atom is 0.416 e. The third kappa shape index (κ3) is 2.73. The first-order valence-corrected chi connectivity index (χ1v) is 7.52. The largest absolute Gasteiger partial charge is 0.416 e. The molecule has 0 spiro atoms. The van der Waals surface area contributed by atoms with Gasteiger partial charge in [0.2, 0.25) is 10.0 Å². The quantitative estimate of drug-likeness (QED) is 0.805. The molecule has 3 nitrogen and oxygen atoms in total. The molecule has 0 N–H and O–H groups in total. The van der Waals surface area contributed by atoms with E-state index in [1.807, 2.05) is 0 Å². The van der Waals surface area contributed by atoms with Crippen molar-refractivity contribution in [3.05, 3.63) is 42.5 Å². The van der Waals surface area contributed by atoms with Crippen LogP contribution in [0.2, 0.25) is 0 Å². The lowest BCUT2D eigenvalue weighted by atomic mass is 10.2. The van der Waals surface area contributed by atoms with E-state index in [0.29, 0.717) is 13.0 Å². The van der Waals surface area contributed by atoms with Crippen molar-refractivity contribution in [3.63, 3.8) is 0 Å². The Bertz CT molecular complexity index is 593. The van der Waals surface area contributed by atoms with Gasteiger partial charge >= 0.3 is 6.18 Å². The number of benzene rings is 1. The van der Waals surface area contributed by atoms with Gasteiger partial charge in [0.15, 0.2) is 0 Å². The van der Waals surface area contributed by atoms with Crippen LogP contribution < -0.4 is 0 Å². The fraction of sp³-hybridized carbons (Fsp3) is 0.385. The molecule has 1 aliphatic rings. The number of hydrogen-bond acceptors (Lipinski definition) is 2. The summed E-state index contributed by atoms with van der Waals surface area (Å²) >= 11 is 0. The molecule has 1 saturated heterocycles. The van der Waals surface area contributed by atoms with Crippen molar-refractivity contribution in [2.45, 2.75) is 30.0 Å². The Labute approximate surface area is 115 Å². The first-order chi connectivity index (χ1) is 9.26. The highest BCUT2D eigenvalue weighted by Crippen LogP contribution is 2.31. The predicted octanol–water partition coefficient (Wildman–Crippen LogP) is 3.04. The van der Waals surface area contributed by atoms with Crippen LogP contribution in [0.4, 0.5) is 13.2 Å². The Morgan fingerprint density at radius 1 is 1.25 bits per heavy atom. The molecule has 1 heterocycles. The number of alkyl halides is 3. The van der Waals surface area contributed by atoms with Crippen LogP contribution in [0.1, 0.15) is 18.4 Å². The molecule has 7 heteroatoms. The number of hydrogen-bond donors (Lipinski definition) is 0. The van der Waals surface area contributed by atoms with E-state index in [4.69, 9.17) is 0 Å². The van der Waals surface area contributed by atoms with Gasteiger partial charge in [0.25, 0.3) is 0 Å². The highest BCUT2D eigenvalue weighted by molar-refractivity contribution is 7.89. The molecule has 1 aromatic carbocycles. The normalized spacial score (nSPS) is 21.1. The van der Waals surface area contributed by atoms with Crippen molar-refractivity contribution >= 4 is 10.0 Å². The molecule has 0 aromatic heterocycles. The second-order valence-corrected chi connectivity index (χ2v) is 6.47. The maximum atomic E-state index is 12.5. The van der Waals surface area contributed by atoms with E-state index < -0.39 is 21.8 Å². The van der Waals surface area contributed by atoms with Gasteiger partial charge in [-0.05, 0) is 37.1 Å². The van der Waals surface area contributed by atoms with Gasteiger partial charge in [0.05, 0.1) is 10.5 Å². The van der Waals surface area contributed by atoms with Gasteiger partial charge in [-0.1, -0.05) is 6.08 Å². The van der Waals surface area contributed by atoms with Gasteiger partial charge in [-0.25, -0.2) is 8.42 Å². The van der Waals surface area contributed by atoms with Gasteiger partial charge in [-0.2, -0.15) is 17.5 Å². The average molecular weight is 305 g/mol. The fourth-order valence-corrected chi connectivity index (χ4v) is 3.92. The monoisotopic (exact) mass is 305 g/mol. The summed E-state index contributed by atoms with van der Waals surface area (Å²) in [6.07, 6.45) is -1.52. The summed E-state index contributed by atoms with van der Waals surface area (Å²) in [5.74, 6) is 0. The molecule has 0 radical (unpaired) electrons. The molecule has 20 heavy (non-hydrogen) atoms. The first-order valence-electron chi connectivity index (χ1n) is 6.08. The zero-order valence-electron chi connectivity index (χ0n) is 10.6. The lowest BCUT2D eigenvalue weighted by Crippen LogP contribution is -2.34. The minimum Gasteiger partial charge on any atom is -0.207 e. The van der Waals surface area contributed by atoms with Crippen LogP contribution in [0.25, 0.3) is 0 Å². The molecule has 1 aromatic rings. The molecule has 110 valence electrons. The van der Waals surface area contributed by atoms with Crippen molar-refractivity contribution in [2.75, 3.05) is 6.54 Å². The SMILES string of the molecule is C=CC1CCCN1S(=O)(=O)c1ccc(C(F)(F)F)cc1. The lowest BCUT2D eigenvalue weighted by molar-refractivity contribution is -0.137. The van der Waals surface area contributed by atoms with Crippen LogP contribution in [0, 0.1) is 0 Å². The molecule has 1 aliphatic heterocycles. The second-order valence-electron chi connectivity index (χ2n) is 4.58. The van der Waals surface area contributed by atoms with E-state index >= 15 is 0 Å². The summed E-state index contributed by atoms with van der Waals surface area (Å²) in [4.78, 5) is -0.126. The zero-order valence-corrected chi connectivity index (χ0v) is 11.4. The topological polar surface area (TPSA) is 37.4 Å². The van der Waals surface area contributed by atoms with E-state index in [2.05, 4.69) is 6.58 Å². The Kier molecular flexibility index (Phi) is 3.93. The van der Waals surface area contributed by atoms with Gasteiger partial charge in [0.1, 0.15) is 0 Å². The third-order valence-electron chi connectivity index (χ3n) is 3.31. The molecule has 0 amide bonds. The number of rotatable bonds is 3. The molecule has 2 rings (SSSR count). The van der Waals surface area contributed by atoms with E-state index in [9.17, 15) is 21.6 Å². The van der Waals surface area contributed by atoms with Crippen molar-refractivity contribution in [1.82, 2.24) is 4.31 Å². The summed E-state index contributed by atoms with van der Waals surface area (Å²) in [6.45, 7) is 3.95. The van der Waals surface area contributed by atoms with Crippen molar-refractivity contribution in [3.8, 4) is 0 Å². The van der Waals surface area contributed by atoms with Crippen molar-refractivity contribution in [1.29, 1.82) is 0 Å². The van der Waals surface area contributed by atoms with E-state index in [1.54, 1.807) is 6.08 Å². The van der Waals surface area contributed by atoms with Crippen LogP contribution in [-0.4, -0.2) is 25.3 Å². The zero-order chi connectivity index (χ0) is 15.0. The third-order valence-corrected chi connectivity index (χ3v) is 5.25. The average Bonchev–Trinajstić information content (AvgIpc) is 2.87. The number of sulfonamides is 1. The van der Waals surface area contributed by atoms with Gasteiger partial charge in [-0.15, -0.1) is 6.58 Å². The Balaban J connectivity index is 2.33. The fourth-order valence-electron chi connectivity index (χ4n) is 2.25. The van der Waals surface area contributed by atoms with Crippen molar-refractivity contribution in [2.24, 2.45) is 0 Å². The Morgan fingerprint density at radius 3 is 2.35 bits per heavy atom. The van der Waals surface area contributed by atoms with Crippen LogP contribution in [0.15, 0.2) is 41.8 Å². The summed E-state index contributed by atoms with van der Waals surface area (Å²) in [6, 6.07) is 3.27. The summed E-state index contributed by atoms with van der Waals surface area (Å²) in [7, 11) is -3.77. The molecular weight excluding hydrogens is 291 g/mol. The van der Waals surface area contributed by atoms with Gasteiger partial charge in [0, 0.05) is 12.6 Å². The first kappa shape index (κ1) is 15.1. The molecular formula is C13H14F3NO2S. The number of nitrogens with zero attached hydrogens (tertiary/aromatic N) is 1. The van der Waals surface area contributed by atoms with E-state index in [1.165, 1.54) is 4.31 Å². The molecule has 0 saturated carbocycles. The molecule has 1 unspecified atom stereocenters. The summed E-state index contributed by atoms with van der Waals surface area (Å²) < 4.78 is 63.4. The Hall–Kier alpha value is -1.34. The van der Waals surface area contributed by atoms with Crippen LogP contribution in [0.5, 0.6) is 0 Å². The molecule has 0 bridgehead atoms. The minimum atomic E-state index is -4.47. The number of halogens is 3. The molecule has 1 fully saturated rings. The van der Waals surface area contributed by atoms with E-state index in [0.717, 1.165) is 30.7 Å². The van der Waals surface area contributed by atoms with Crippen LogP contribution in [0.3, 0.4) is 0 Å². The molecule has 0 aliphatic carbocycles. The van der Waals surface area contributed by atoms with Crippen LogP contribution >= 0.6 is 0 Å². The van der Waals surface area contributed by atoms with Gasteiger partial charge in [-0.3, -0.25) is 0 Å². The van der Waals surface area contributed by atoms with Crippen LogP contribution in [-0.2, 0) is 16.2 Å². The summed E-state index contributed by atoms with van der Waals surface area (Å²) in [5.41, 5.74) is -0.863. The van der Waals surface area contributed by atoms with Gasteiger partial charge < -0.3 is 0 Å². The highest BCUT2D eigenvalue weighted by atomic mass is 32.2. The maximum absolute atomic E-state index is 12.5.